The molecule has 1 aromatic rings. The molecule has 3 nitrogen and oxygen atoms in total. The summed E-state index contributed by atoms with van der Waals surface area (Å²) in [5.74, 6) is 0.0542. The zero-order valence-electron chi connectivity index (χ0n) is 9.82. The lowest BCUT2D eigenvalue weighted by Gasteiger charge is -2.26. The van der Waals surface area contributed by atoms with Gasteiger partial charge in [-0.2, -0.15) is 0 Å². The van der Waals surface area contributed by atoms with E-state index < -0.39 is 0 Å². The maximum atomic E-state index is 11.8. The summed E-state index contributed by atoms with van der Waals surface area (Å²) < 4.78 is 5.18. The molecule has 0 unspecified atom stereocenters. The molecule has 0 radical (unpaired) electrons. The molecule has 1 aliphatic heterocycles. The lowest BCUT2D eigenvalue weighted by atomic mass is 10.2. The number of rotatable bonds is 1. The van der Waals surface area contributed by atoms with Gasteiger partial charge in [0.2, 0.25) is 0 Å². The van der Waals surface area contributed by atoms with Crippen LogP contribution < -0.4 is 0 Å². The number of hydrogen-bond donors (Lipinski definition) is 0. The van der Waals surface area contributed by atoms with Gasteiger partial charge in [0.05, 0.1) is 13.2 Å². The van der Waals surface area contributed by atoms with Gasteiger partial charge in [0.1, 0.15) is 0 Å². The van der Waals surface area contributed by atoms with Crippen LogP contribution >= 0.6 is 0 Å². The highest BCUT2D eigenvalue weighted by Crippen LogP contribution is 2.05. The van der Waals surface area contributed by atoms with E-state index in [4.69, 9.17) is 4.74 Å². The molecule has 1 amide bonds. The standard InChI is InChI=1S/C11H11NO2.C2H6/c13-11(10-4-2-1-3-5-10)12-6-8-14-9-7-12;1-2/h2,4-5H,6-9H2;1-2H3. The Balaban J connectivity index is 0.000000606. The molecule has 1 aromatic carbocycles. The fourth-order valence-corrected chi connectivity index (χ4v) is 1.43. The van der Waals surface area contributed by atoms with E-state index in [0.29, 0.717) is 31.9 Å². The van der Waals surface area contributed by atoms with E-state index in [1.807, 2.05) is 13.8 Å². The Morgan fingerprint density at radius 3 is 2.56 bits per heavy atom. The molecule has 0 atom stereocenters. The van der Waals surface area contributed by atoms with E-state index in [9.17, 15) is 4.79 Å². The predicted octanol–water partition coefficient (Wildman–Crippen LogP) is 1.79. The summed E-state index contributed by atoms with van der Waals surface area (Å²) in [7, 11) is 0. The Morgan fingerprint density at radius 2 is 2.00 bits per heavy atom. The van der Waals surface area contributed by atoms with Gasteiger partial charge in [-0.25, -0.2) is 0 Å². The molecule has 3 heteroatoms. The zero-order chi connectivity index (χ0) is 11.8. The molecular formula is C13H17NO2. The first kappa shape index (κ1) is 12.5. The normalized spacial score (nSPS) is 14.5. The Labute approximate surface area is 97.0 Å². The Kier molecular flexibility index (Phi) is 5.38. The van der Waals surface area contributed by atoms with Gasteiger partial charge in [0.15, 0.2) is 0 Å². The average Bonchev–Trinajstić information content (AvgIpc) is 2.42. The van der Waals surface area contributed by atoms with Crippen molar-refractivity contribution in [2.45, 2.75) is 13.8 Å². The highest BCUT2D eigenvalue weighted by atomic mass is 16.5. The van der Waals surface area contributed by atoms with E-state index in [-0.39, 0.29) is 5.91 Å². The number of amides is 1. The van der Waals surface area contributed by atoms with Crippen molar-refractivity contribution in [1.29, 1.82) is 0 Å². The highest BCUT2D eigenvalue weighted by molar-refractivity contribution is 5.94. The van der Waals surface area contributed by atoms with Gasteiger partial charge in [0, 0.05) is 24.7 Å². The van der Waals surface area contributed by atoms with Crippen LogP contribution in [0.15, 0.2) is 18.2 Å². The second-order valence-corrected chi connectivity index (χ2v) is 3.13. The maximum absolute atomic E-state index is 11.8. The van der Waals surface area contributed by atoms with Gasteiger partial charge in [-0.15, -0.1) is 0 Å². The number of nitrogens with zero attached hydrogens (tertiary/aromatic N) is 1. The van der Waals surface area contributed by atoms with Crippen molar-refractivity contribution in [2.24, 2.45) is 0 Å². The van der Waals surface area contributed by atoms with E-state index in [1.165, 1.54) is 0 Å². The van der Waals surface area contributed by atoms with Gasteiger partial charge in [-0.05, 0) is 12.1 Å². The smallest absolute Gasteiger partial charge is 0.254 e. The summed E-state index contributed by atoms with van der Waals surface area (Å²) in [6.07, 6.45) is 0. The number of carbonyl (C=O) groups is 1. The van der Waals surface area contributed by atoms with Crippen molar-refractivity contribution >= 4 is 5.91 Å². The second kappa shape index (κ2) is 6.86. The molecule has 0 spiro atoms. The van der Waals surface area contributed by atoms with Crippen LogP contribution in [0.4, 0.5) is 0 Å². The molecule has 2 rings (SSSR count). The van der Waals surface area contributed by atoms with Crippen molar-refractivity contribution < 1.29 is 9.53 Å². The summed E-state index contributed by atoms with van der Waals surface area (Å²) in [5, 5.41) is 0. The molecule has 0 saturated carbocycles. The van der Waals surface area contributed by atoms with Gasteiger partial charge in [-0.3, -0.25) is 4.79 Å². The summed E-state index contributed by atoms with van der Waals surface area (Å²) in [6, 6.07) is 10.7. The van der Waals surface area contributed by atoms with Crippen LogP contribution in [0.2, 0.25) is 0 Å². The van der Waals surface area contributed by atoms with Crippen molar-refractivity contribution in [3.05, 3.63) is 35.9 Å². The monoisotopic (exact) mass is 219 g/mol. The third kappa shape index (κ3) is 3.25. The quantitative estimate of drug-likeness (QED) is 0.720. The van der Waals surface area contributed by atoms with Gasteiger partial charge in [-0.1, -0.05) is 26.0 Å². The average molecular weight is 219 g/mol. The SMILES string of the molecule is CC.O=C(c1cc#ccc1)N1CCOCC1. The van der Waals surface area contributed by atoms with E-state index in [0.717, 1.165) is 0 Å². The highest BCUT2D eigenvalue weighted by Gasteiger charge is 2.17. The molecule has 16 heavy (non-hydrogen) atoms. The first-order valence-electron chi connectivity index (χ1n) is 5.63. The number of morpholine rings is 1. The molecular weight excluding hydrogens is 202 g/mol. The maximum Gasteiger partial charge on any atom is 0.254 e. The number of carbonyl (C=O) groups excluding carboxylic acids is 1. The van der Waals surface area contributed by atoms with Crippen LogP contribution in [0.3, 0.4) is 0 Å². The molecule has 1 saturated heterocycles. The van der Waals surface area contributed by atoms with E-state index >= 15 is 0 Å². The number of hydrogen-bond acceptors (Lipinski definition) is 2. The lowest BCUT2D eigenvalue weighted by molar-refractivity contribution is 0.0303. The topological polar surface area (TPSA) is 29.5 Å². The second-order valence-electron chi connectivity index (χ2n) is 3.13. The first-order chi connectivity index (χ1) is 7.88. The summed E-state index contributed by atoms with van der Waals surface area (Å²) >= 11 is 0. The molecule has 86 valence electrons. The van der Waals surface area contributed by atoms with Gasteiger partial charge >= 0.3 is 0 Å². The van der Waals surface area contributed by atoms with Crippen molar-refractivity contribution in [1.82, 2.24) is 4.90 Å². The molecule has 0 N–H and O–H groups in total. The Bertz CT molecular complexity index is 305. The third-order valence-electron chi connectivity index (χ3n) is 2.20. The molecule has 1 fully saturated rings. The fourth-order valence-electron chi connectivity index (χ4n) is 1.43. The lowest BCUT2D eigenvalue weighted by Crippen LogP contribution is -2.40. The number of ether oxygens (including phenoxy) is 1. The zero-order valence-corrected chi connectivity index (χ0v) is 9.82. The Hall–Kier alpha value is -1.53. The molecule has 1 heterocycles. The van der Waals surface area contributed by atoms with Crippen LogP contribution in [0, 0.1) is 12.1 Å². The Morgan fingerprint density at radius 1 is 1.31 bits per heavy atom. The van der Waals surface area contributed by atoms with Crippen LogP contribution in [0.25, 0.3) is 0 Å². The van der Waals surface area contributed by atoms with E-state index in [2.05, 4.69) is 12.1 Å². The minimum absolute atomic E-state index is 0.0542. The third-order valence-corrected chi connectivity index (χ3v) is 2.20. The van der Waals surface area contributed by atoms with Crippen molar-refractivity contribution in [3.63, 3.8) is 0 Å². The molecule has 1 aliphatic rings. The van der Waals surface area contributed by atoms with E-state index in [1.54, 1.807) is 23.1 Å². The summed E-state index contributed by atoms with van der Waals surface area (Å²) in [4.78, 5) is 13.6. The molecule has 0 bridgehead atoms. The van der Waals surface area contributed by atoms with Gasteiger partial charge in [0.25, 0.3) is 5.91 Å². The van der Waals surface area contributed by atoms with Crippen molar-refractivity contribution in [3.8, 4) is 0 Å². The molecule has 0 aromatic heterocycles. The molecule has 0 aliphatic carbocycles. The van der Waals surface area contributed by atoms with Crippen LogP contribution in [-0.4, -0.2) is 37.1 Å². The van der Waals surface area contributed by atoms with Crippen LogP contribution in [0.5, 0.6) is 0 Å². The van der Waals surface area contributed by atoms with Gasteiger partial charge < -0.3 is 9.64 Å². The van der Waals surface area contributed by atoms with Crippen molar-refractivity contribution in [2.75, 3.05) is 26.3 Å². The summed E-state index contributed by atoms with van der Waals surface area (Å²) in [5.41, 5.74) is 0.672. The fraction of sp³-hybridized carbons (Fsp3) is 0.462. The predicted molar refractivity (Wildman–Crippen MR) is 62.2 cm³/mol. The largest absolute Gasteiger partial charge is 0.378 e. The van der Waals surface area contributed by atoms with Crippen LogP contribution in [-0.2, 0) is 4.74 Å². The van der Waals surface area contributed by atoms with Crippen LogP contribution in [0.1, 0.15) is 24.2 Å². The minimum atomic E-state index is 0.0542. The minimum Gasteiger partial charge on any atom is -0.378 e. The first-order valence-corrected chi connectivity index (χ1v) is 5.63. The summed E-state index contributed by atoms with van der Waals surface area (Å²) in [6.45, 7) is 6.62.